The van der Waals surface area contributed by atoms with E-state index in [0.29, 0.717) is 37.3 Å². The van der Waals surface area contributed by atoms with Crippen LogP contribution in [0.15, 0.2) is 30.5 Å². The van der Waals surface area contributed by atoms with Crippen LogP contribution in [0.3, 0.4) is 0 Å². The van der Waals surface area contributed by atoms with E-state index in [0.717, 1.165) is 5.39 Å². The number of nitrogens with zero attached hydrogens (tertiary/aromatic N) is 2. The Balaban J connectivity index is 0.00000144. The minimum Gasteiger partial charge on any atom is -0.314 e. The summed E-state index contributed by atoms with van der Waals surface area (Å²) in [4.78, 5) is 13.6. The van der Waals surface area contributed by atoms with Crippen LogP contribution in [0, 0.1) is 0 Å². The van der Waals surface area contributed by atoms with Crippen molar-refractivity contribution in [1.29, 1.82) is 0 Å². The molecule has 1 aliphatic rings. The molecule has 3 rings (SSSR count). The number of aromatic nitrogens is 1. The molecule has 0 aliphatic carbocycles. The molecule has 134 valence electrons. The molecule has 1 N–H and O–H groups in total. The average molecular weight is 380 g/mol. The maximum Gasteiger partial charge on any atom is 0.258 e. The summed E-state index contributed by atoms with van der Waals surface area (Å²) in [5.41, 5.74) is 1.22. The fourth-order valence-corrected chi connectivity index (χ4v) is 3.15. The Labute approximate surface area is 152 Å². The van der Waals surface area contributed by atoms with Gasteiger partial charge in [-0.2, -0.15) is 0 Å². The molecule has 0 spiro atoms. The Morgan fingerprint density at radius 2 is 1.79 bits per heavy atom. The summed E-state index contributed by atoms with van der Waals surface area (Å²) in [5.74, 6) is -0.171. The lowest BCUT2D eigenvalue weighted by Gasteiger charge is -2.34. The molecule has 1 fully saturated rings. The molecule has 1 atom stereocenters. The number of carbonyl (C=O) groups is 1. The minimum atomic E-state index is -2.50. The van der Waals surface area contributed by atoms with Crippen molar-refractivity contribution in [2.45, 2.75) is 19.4 Å². The molecule has 0 amide bonds. The predicted octanol–water partition coefficient (Wildman–Crippen LogP) is 3.36. The number of nitrogens with one attached hydrogen (secondary N) is 1. The second-order valence-electron chi connectivity index (χ2n) is 5.56. The molecule has 2 aromatic rings. The lowest BCUT2D eigenvalue weighted by molar-refractivity contribution is 0.0188. The molecule has 0 saturated carbocycles. The molecule has 0 unspecified atom stereocenters. The molecule has 1 saturated heterocycles. The Kier molecular flexibility index (Phi) is 7.60. The standard InChI is InChI=1S/C16H19F2N3O.2ClH/c1-11(22)21-10-13(12-4-2-3-5-14(12)21)15(16(17)18)20-8-6-19-7-9-20;;/h2-5,10,15-16,19H,6-9H2,1H3;2*1H/t15-;;/m0../s1. The third kappa shape index (κ3) is 3.88. The average Bonchev–Trinajstić information content (AvgIpc) is 2.88. The smallest absolute Gasteiger partial charge is 0.258 e. The second-order valence-corrected chi connectivity index (χ2v) is 5.56. The molecule has 1 aromatic carbocycles. The van der Waals surface area contributed by atoms with E-state index in [1.165, 1.54) is 11.5 Å². The van der Waals surface area contributed by atoms with Gasteiger partial charge in [0.1, 0.15) is 0 Å². The van der Waals surface area contributed by atoms with Gasteiger partial charge in [-0.05, 0) is 6.07 Å². The molecule has 1 aliphatic heterocycles. The lowest BCUT2D eigenvalue weighted by atomic mass is 10.0. The zero-order valence-electron chi connectivity index (χ0n) is 13.2. The zero-order valence-corrected chi connectivity index (χ0v) is 14.9. The van der Waals surface area contributed by atoms with Gasteiger partial charge in [0, 0.05) is 50.2 Å². The molecular formula is C16H21Cl2F2N3O. The first-order chi connectivity index (χ1) is 10.6. The van der Waals surface area contributed by atoms with Crippen molar-refractivity contribution in [3.63, 3.8) is 0 Å². The molecular weight excluding hydrogens is 359 g/mol. The highest BCUT2D eigenvalue weighted by Gasteiger charge is 2.32. The van der Waals surface area contributed by atoms with Gasteiger partial charge in [0.25, 0.3) is 6.43 Å². The molecule has 0 radical (unpaired) electrons. The number of alkyl halides is 2. The van der Waals surface area contributed by atoms with Crippen molar-refractivity contribution in [2.24, 2.45) is 0 Å². The van der Waals surface area contributed by atoms with E-state index in [2.05, 4.69) is 5.32 Å². The maximum absolute atomic E-state index is 13.8. The van der Waals surface area contributed by atoms with Crippen molar-refractivity contribution in [1.82, 2.24) is 14.8 Å². The summed E-state index contributed by atoms with van der Waals surface area (Å²) >= 11 is 0. The van der Waals surface area contributed by atoms with Gasteiger partial charge in [-0.25, -0.2) is 8.78 Å². The van der Waals surface area contributed by atoms with E-state index in [1.807, 2.05) is 18.2 Å². The largest absolute Gasteiger partial charge is 0.314 e. The topological polar surface area (TPSA) is 37.3 Å². The Bertz CT molecular complexity index is 687. The van der Waals surface area contributed by atoms with Gasteiger partial charge in [0.05, 0.1) is 11.6 Å². The highest BCUT2D eigenvalue weighted by molar-refractivity contribution is 5.93. The van der Waals surface area contributed by atoms with Crippen molar-refractivity contribution >= 4 is 41.6 Å². The number of fused-ring (bicyclic) bond motifs is 1. The highest BCUT2D eigenvalue weighted by Crippen LogP contribution is 2.34. The van der Waals surface area contributed by atoms with E-state index >= 15 is 0 Å². The van der Waals surface area contributed by atoms with Crippen LogP contribution in [0.25, 0.3) is 10.9 Å². The number of hydrogen-bond acceptors (Lipinski definition) is 3. The number of carbonyl (C=O) groups excluding carboxylic acids is 1. The maximum atomic E-state index is 13.8. The summed E-state index contributed by atoms with van der Waals surface area (Å²) in [6.45, 7) is 4.00. The van der Waals surface area contributed by atoms with Crippen molar-refractivity contribution < 1.29 is 13.6 Å². The fourth-order valence-electron chi connectivity index (χ4n) is 3.15. The molecule has 1 aromatic heterocycles. The van der Waals surface area contributed by atoms with E-state index in [1.54, 1.807) is 17.2 Å². The third-order valence-electron chi connectivity index (χ3n) is 4.18. The number of benzene rings is 1. The van der Waals surface area contributed by atoms with Gasteiger partial charge in [-0.15, -0.1) is 24.8 Å². The van der Waals surface area contributed by atoms with Crippen LogP contribution in [0.2, 0.25) is 0 Å². The third-order valence-corrected chi connectivity index (χ3v) is 4.18. The van der Waals surface area contributed by atoms with Crippen molar-refractivity contribution in [3.8, 4) is 0 Å². The summed E-state index contributed by atoms with van der Waals surface area (Å²) in [7, 11) is 0. The van der Waals surface area contributed by atoms with E-state index < -0.39 is 12.5 Å². The summed E-state index contributed by atoms with van der Waals surface area (Å²) in [5, 5.41) is 3.90. The number of para-hydroxylation sites is 1. The van der Waals surface area contributed by atoms with E-state index in [4.69, 9.17) is 0 Å². The predicted molar refractivity (Wildman–Crippen MR) is 95.9 cm³/mol. The van der Waals surface area contributed by atoms with Gasteiger partial charge >= 0.3 is 0 Å². The Morgan fingerprint density at radius 1 is 1.17 bits per heavy atom. The monoisotopic (exact) mass is 379 g/mol. The van der Waals surface area contributed by atoms with Crippen LogP contribution in [-0.4, -0.2) is 48.0 Å². The molecule has 0 bridgehead atoms. The normalized spacial score (nSPS) is 16.5. The number of piperazine rings is 1. The first-order valence-corrected chi connectivity index (χ1v) is 7.43. The zero-order chi connectivity index (χ0) is 15.7. The number of halogens is 4. The number of hydrogen-bond donors (Lipinski definition) is 1. The Hall–Kier alpha value is -1.21. The minimum absolute atomic E-state index is 0. The SMILES string of the molecule is CC(=O)n1cc([C@@H](C(F)F)N2CCNCC2)c2ccccc21.Cl.Cl. The fraction of sp³-hybridized carbons (Fsp3) is 0.438. The van der Waals surface area contributed by atoms with Crippen molar-refractivity contribution in [2.75, 3.05) is 26.2 Å². The Morgan fingerprint density at radius 3 is 2.38 bits per heavy atom. The molecule has 24 heavy (non-hydrogen) atoms. The first kappa shape index (κ1) is 20.8. The van der Waals surface area contributed by atoms with E-state index in [9.17, 15) is 13.6 Å². The van der Waals surface area contributed by atoms with Gasteiger partial charge in [-0.3, -0.25) is 14.3 Å². The van der Waals surface area contributed by atoms with E-state index in [-0.39, 0.29) is 30.7 Å². The van der Waals surface area contributed by atoms with Crippen LogP contribution in [-0.2, 0) is 0 Å². The van der Waals surface area contributed by atoms with Crippen LogP contribution in [0.5, 0.6) is 0 Å². The van der Waals surface area contributed by atoms with Gasteiger partial charge in [0.2, 0.25) is 5.91 Å². The van der Waals surface area contributed by atoms with Gasteiger partial charge in [-0.1, -0.05) is 18.2 Å². The van der Waals surface area contributed by atoms with Crippen LogP contribution in [0.4, 0.5) is 8.78 Å². The summed E-state index contributed by atoms with van der Waals surface area (Å²) in [6, 6.07) is 6.25. The second kappa shape index (κ2) is 8.76. The van der Waals surface area contributed by atoms with Crippen LogP contribution < -0.4 is 5.32 Å². The summed E-state index contributed by atoms with van der Waals surface area (Å²) in [6.07, 6.45) is -0.921. The van der Waals surface area contributed by atoms with Crippen LogP contribution >= 0.6 is 24.8 Å². The van der Waals surface area contributed by atoms with Crippen LogP contribution in [0.1, 0.15) is 23.3 Å². The first-order valence-electron chi connectivity index (χ1n) is 7.43. The molecule has 8 heteroatoms. The quantitative estimate of drug-likeness (QED) is 0.888. The molecule has 4 nitrogen and oxygen atoms in total. The molecule has 2 heterocycles. The summed E-state index contributed by atoms with van der Waals surface area (Å²) < 4.78 is 29.0. The number of rotatable bonds is 3. The van der Waals surface area contributed by atoms with Crippen molar-refractivity contribution in [3.05, 3.63) is 36.0 Å². The lowest BCUT2D eigenvalue weighted by Crippen LogP contribution is -2.46. The van der Waals surface area contributed by atoms with Gasteiger partial charge < -0.3 is 5.32 Å². The highest BCUT2D eigenvalue weighted by atomic mass is 35.5. The van der Waals surface area contributed by atoms with Gasteiger partial charge in [0.15, 0.2) is 0 Å².